The molecule has 0 spiro atoms. The molecule has 0 unspecified atom stereocenters. The van der Waals surface area contributed by atoms with E-state index in [1.807, 2.05) is 13.0 Å². The van der Waals surface area contributed by atoms with Crippen molar-refractivity contribution in [3.63, 3.8) is 0 Å². The highest BCUT2D eigenvalue weighted by Crippen LogP contribution is 2.34. The predicted molar refractivity (Wildman–Crippen MR) is 137 cm³/mol. The number of carbonyl (C=O) groups excluding carboxylic acids is 2. The summed E-state index contributed by atoms with van der Waals surface area (Å²) >= 11 is 0. The van der Waals surface area contributed by atoms with Gasteiger partial charge in [-0.2, -0.15) is 4.31 Å². The van der Waals surface area contributed by atoms with Crippen molar-refractivity contribution in [3.8, 4) is 11.5 Å². The Morgan fingerprint density at radius 2 is 1.68 bits per heavy atom. The molecule has 10 heteroatoms. The number of anilines is 1. The first kappa shape index (κ1) is 26.2. The van der Waals surface area contributed by atoms with Crippen LogP contribution in [0.1, 0.15) is 12.5 Å². The average Bonchev–Trinajstić information content (AvgIpc) is 2.92. The van der Waals surface area contributed by atoms with Crippen LogP contribution in [0.15, 0.2) is 83.8 Å². The summed E-state index contributed by atoms with van der Waals surface area (Å²) in [5.41, 5.74) is 1.17. The standard InChI is InChI=1S/C27H28N2O7S/c1-3-35-21-13-15-22(16-14-21)37(32,33)28(17-20-9-5-4-6-10-20)19-26(30)29-18-25(27(31)34-2)36-24-12-8-7-11-23(24)29/h4-16,25H,3,17-19H2,1-2H3/t25-/m1/s1. The first-order valence-electron chi connectivity index (χ1n) is 11.7. The zero-order valence-corrected chi connectivity index (χ0v) is 21.4. The van der Waals surface area contributed by atoms with E-state index in [2.05, 4.69) is 0 Å². The Morgan fingerprint density at radius 1 is 1.00 bits per heavy atom. The number of hydrogen-bond acceptors (Lipinski definition) is 7. The summed E-state index contributed by atoms with van der Waals surface area (Å²) in [7, 11) is -2.83. The van der Waals surface area contributed by atoms with Gasteiger partial charge in [-0.1, -0.05) is 42.5 Å². The smallest absolute Gasteiger partial charge is 0.348 e. The fourth-order valence-corrected chi connectivity index (χ4v) is 5.38. The lowest BCUT2D eigenvalue weighted by atomic mass is 10.2. The van der Waals surface area contributed by atoms with Crippen molar-refractivity contribution in [1.82, 2.24) is 4.31 Å². The van der Waals surface area contributed by atoms with Gasteiger partial charge >= 0.3 is 5.97 Å². The van der Waals surface area contributed by atoms with E-state index in [1.165, 1.54) is 24.1 Å². The Hall–Kier alpha value is -3.89. The molecule has 37 heavy (non-hydrogen) atoms. The molecular formula is C27H28N2O7S. The molecule has 194 valence electrons. The number of benzene rings is 3. The second-order valence-corrected chi connectivity index (χ2v) is 10.2. The summed E-state index contributed by atoms with van der Waals surface area (Å²) in [4.78, 5) is 27.3. The van der Waals surface area contributed by atoms with Crippen LogP contribution in [0.5, 0.6) is 11.5 Å². The summed E-state index contributed by atoms with van der Waals surface area (Å²) in [6.45, 7) is 1.72. The van der Waals surface area contributed by atoms with Crippen LogP contribution in [0.2, 0.25) is 0 Å². The molecule has 1 aliphatic heterocycles. The molecule has 9 nitrogen and oxygen atoms in total. The molecular weight excluding hydrogens is 496 g/mol. The van der Waals surface area contributed by atoms with Gasteiger partial charge in [0.1, 0.15) is 11.5 Å². The Balaban J connectivity index is 1.66. The topological polar surface area (TPSA) is 102 Å². The van der Waals surface area contributed by atoms with Crippen LogP contribution in [-0.4, -0.2) is 57.5 Å². The minimum absolute atomic E-state index is 0.0193. The molecule has 0 saturated heterocycles. The number of amides is 1. The van der Waals surface area contributed by atoms with Gasteiger partial charge in [0.05, 0.1) is 37.4 Å². The van der Waals surface area contributed by atoms with Gasteiger partial charge in [0, 0.05) is 6.54 Å². The first-order valence-corrected chi connectivity index (χ1v) is 13.2. The summed E-state index contributed by atoms with van der Waals surface area (Å²) in [5.74, 6) is -0.252. The zero-order chi connectivity index (χ0) is 26.4. The molecule has 4 rings (SSSR count). The third-order valence-electron chi connectivity index (χ3n) is 5.82. The quantitative estimate of drug-likeness (QED) is 0.396. The minimum Gasteiger partial charge on any atom is -0.494 e. The van der Waals surface area contributed by atoms with Gasteiger partial charge in [0.25, 0.3) is 0 Å². The van der Waals surface area contributed by atoms with Crippen molar-refractivity contribution >= 4 is 27.6 Å². The highest BCUT2D eigenvalue weighted by Gasteiger charge is 2.36. The van der Waals surface area contributed by atoms with Crippen molar-refractivity contribution in [1.29, 1.82) is 0 Å². The van der Waals surface area contributed by atoms with Gasteiger partial charge in [-0.05, 0) is 48.9 Å². The normalized spacial score (nSPS) is 15.0. The second kappa shape index (κ2) is 11.4. The molecule has 3 aromatic rings. The van der Waals surface area contributed by atoms with Gasteiger partial charge in [-0.15, -0.1) is 0 Å². The van der Waals surface area contributed by atoms with Crippen molar-refractivity contribution < 1.29 is 32.2 Å². The highest BCUT2D eigenvalue weighted by atomic mass is 32.2. The SMILES string of the molecule is CCOc1ccc(S(=O)(=O)N(CC(=O)N2C[C@H](C(=O)OC)Oc3ccccc32)Cc2ccccc2)cc1. The molecule has 0 saturated carbocycles. The number of esters is 1. The van der Waals surface area contributed by atoms with E-state index in [0.29, 0.717) is 23.8 Å². The molecule has 1 amide bonds. The Bertz CT molecular complexity index is 1340. The minimum atomic E-state index is -4.07. The van der Waals surface area contributed by atoms with Crippen LogP contribution in [0.4, 0.5) is 5.69 Å². The van der Waals surface area contributed by atoms with Gasteiger partial charge in [-0.25, -0.2) is 13.2 Å². The van der Waals surface area contributed by atoms with E-state index in [-0.39, 0.29) is 18.0 Å². The number of hydrogen-bond donors (Lipinski definition) is 0. The van der Waals surface area contributed by atoms with E-state index in [0.717, 1.165) is 9.87 Å². The lowest BCUT2D eigenvalue weighted by molar-refractivity contribution is -0.148. The molecule has 3 aromatic carbocycles. The van der Waals surface area contributed by atoms with E-state index in [1.54, 1.807) is 60.7 Å². The number of nitrogens with zero attached hydrogens (tertiary/aromatic N) is 2. The van der Waals surface area contributed by atoms with Crippen molar-refractivity contribution in [2.45, 2.75) is 24.5 Å². The predicted octanol–water partition coefficient (Wildman–Crippen LogP) is 3.24. The van der Waals surface area contributed by atoms with Gasteiger partial charge in [-0.3, -0.25) is 4.79 Å². The monoisotopic (exact) mass is 524 g/mol. The number of rotatable bonds is 9. The summed E-state index contributed by atoms with van der Waals surface area (Å²) < 4.78 is 44.5. The van der Waals surface area contributed by atoms with Crippen LogP contribution in [0.25, 0.3) is 0 Å². The number of para-hydroxylation sites is 2. The molecule has 0 bridgehead atoms. The third kappa shape index (κ3) is 5.92. The largest absolute Gasteiger partial charge is 0.494 e. The Morgan fingerprint density at radius 3 is 2.35 bits per heavy atom. The van der Waals surface area contributed by atoms with Crippen LogP contribution < -0.4 is 14.4 Å². The maximum atomic E-state index is 13.7. The highest BCUT2D eigenvalue weighted by molar-refractivity contribution is 7.89. The lowest BCUT2D eigenvalue weighted by Crippen LogP contribution is -2.50. The summed E-state index contributed by atoms with van der Waals surface area (Å²) in [6, 6.07) is 21.9. The second-order valence-electron chi connectivity index (χ2n) is 8.26. The van der Waals surface area contributed by atoms with Crippen molar-refractivity contribution in [2.24, 2.45) is 0 Å². The summed E-state index contributed by atoms with van der Waals surface area (Å²) in [6.07, 6.45) is -1.03. The van der Waals surface area contributed by atoms with Crippen molar-refractivity contribution in [2.75, 3.05) is 31.7 Å². The van der Waals surface area contributed by atoms with E-state index in [9.17, 15) is 18.0 Å². The molecule has 0 N–H and O–H groups in total. The molecule has 1 atom stereocenters. The first-order chi connectivity index (χ1) is 17.8. The van der Waals surface area contributed by atoms with Gasteiger partial charge in [0.2, 0.25) is 22.0 Å². The van der Waals surface area contributed by atoms with Crippen LogP contribution in [-0.2, 0) is 30.9 Å². The number of fused-ring (bicyclic) bond motifs is 1. The maximum absolute atomic E-state index is 13.7. The molecule has 1 heterocycles. The molecule has 0 aromatic heterocycles. The number of sulfonamides is 1. The van der Waals surface area contributed by atoms with E-state index >= 15 is 0 Å². The number of ether oxygens (including phenoxy) is 3. The Labute approximate surface area is 216 Å². The molecule has 0 fully saturated rings. The zero-order valence-electron chi connectivity index (χ0n) is 20.6. The van der Waals surface area contributed by atoms with Gasteiger partial charge < -0.3 is 19.1 Å². The number of carbonyl (C=O) groups is 2. The van der Waals surface area contributed by atoms with E-state index < -0.39 is 34.5 Å². The van der Waals surface area contributed by atoms with E-state index in [4.69, 9.17) is 14.2 Å². The molecule has 0 radical (unpaired) electrons. The fraction of sp³-hybridized carbons (Fsp3) is 0.259. The van der Waals surface area contributed by atoms with Crippen LogP contribution in [0.3, 0.4) is 0 Å². The van der Waals surface area contributed by atoms with Crippen LogP contribution >= 0.6 is 0 Å². The van der Waals surface area contributed by atoms with Crippen molar-refractivity contribution in [3.05, 3.63) is 84.4 Å². The molecule has 0 aliphatic carbocycles. The lowest BCUT2D eigenvalue weighted by Gasteiger charge is -2.34. The maximum Gasteiger partial charge on any atom is 0.348 e. The molecule has 1 aliphatic rings. The number of methoxy groups -OCH3 is 1. The fourth-order valence-electron chi connectivity index (χ4n) is 4.00. The van der Waals surface area contributed by atoms with Crippen LogP contribution in [0, 0.1) is 0 Å². The third-order valence-corrected chi connectivity index (χ3v) is 7.63. The summed E-state index contributed by atoms with van der Waals surface area (Å²) in [5, 5.41) is 0. The van der Waals surface area contributed by atoms with Gasteiger partial charge in [0.15, 0.2) is 0 Å². The Kier molecular flexibility index (Phi) is 8.10. The average molecular weight is 525 g/mol.